The molecule has 2 aliphatic heterocycles. The average Bonchev–Trinajstić information content (AvgIpc) is 3.25. The molecule has 3 nitrogen and oxygen atoms in total. The molecule has 1 aliphatic carbocycles. The van der Waals surface area contributed by atoms with Crippen LogP contribution in [0.15, 0.2) is 91.0 Å². The molecule has 3 aliphatic rings. The predicted octanol–water partition coefficient (Wildman–Crippen LogP) is 5.22. The molecular weight excluding hydrogens is 392 g/mol. The van der Waals surface area contributed by atoms with Gasteiger partial charge < -0.3 is 4.74 Å². The van der Waals surface area contributed by atoms with Crippen LogP contribution in [-0.2, 0) is 16.6 Å². The summed E-state index contributed by atoms with van der Waals surface area (Å²) >= 11 is 0. The summed E-state index contributed by atoms with van der Waals surface area (Å²) in [6.45, 7) is 2.41. The summed E-state index contributed by atoms with van der Waals surface area (Å²) in [5.41, 5.74) is 5.18. The molecule has 0 saturated carbocycles. The van der Waals surface area contributed by atoms with Crippen molar-refractivity contribution in [2.75, 3.05) is 14.1 Å². The van der Waals surface area contributed by atoms with Crippen LogP contribution in [-0.4, -0.2) is 47.7 Å². The second-order valence-corrected chi connectivity index (χ2v) is 9.50. The van der Waals surface area contributed by atoms with Crippen LogP contribution in [0.25, 0.3) is 10.8 Å². The molecule has 3 aromatic rings. The summed E-state index contributed by atoms with van der Waals surface area (Å²) in [6, 6.07) is 24.5. The number of hydrogen-bond donors (Lipinski definition) is 0. The van der Waals surface area contributed by atoms with Gasteiger partial charge in [0.15, 0.2) is 6.23 Å². The van der Waals surface area contributed by atoms with E-state index < -0.39 is 0 Å². The van der Waals surface area contributed by atoms with Gasteiger partial charge in [0, 0.05) is 11.6 Å². The highest BCUT2D eigenvalue weighted by Crippen LogP contribution is 2.48. The first-order chi connectivity index (χ1) is 15.6. The molecule has 4 unspecified atom stereocenters. The Balaban J connectivity index is 1.55. The first-order valence-corrected chi connectivity index (χ1v) is 11.5. The van der Waals surface area contributed by atoms with Crippen molar-refractivity contribution in [1.29, 1.82) is 0 Å². The van der Waals surface area contributed by atoms with Crippen molar-refractivity contribution in [3.8, 4) is 0 Å². The van der Waals surface area contributed by atoms with Crippen LogP contribution in [0.5, 0.6) is 0 Å². The molecule has 0 spiro atoms. The third-order valence-corrected chi connectivity index (χ3v) is 7.56. The molecule has 2 heterocycles. The van der Waals surface area contributed by atoms with E-state index in [1.54, 1.807) is 0 Å². The van der Waals surface area contributed by atoms with Crippen LogP contribution in [0.3, 0.4) is 0 Å². The number of rotatable bonds is 3. The smallest absolute Gasteiger partial charge is 0.213 e. The summed E-state index contributed by atoms with van der Waals surface area (Å²) < 4.78 is 9.12. The second-order valence-electron chi connectivity index (χ2n) is 9.50. The highest BCUT2D eigenvalue weighted by molar-refractivity contribution is 6.05. The molecule has 32 heavy (non-hydrogen) atoms. The van der Waals surface area contributed by atoms with E-state index in [0.29, 0.717) is 0 Å². The summed E-state index contributed by atoms with van der Waals surface area (Å²) in [6.07, 6.45) is 9.64. The maximum absolute atomic E-state index is 6.72. The third-order valence-electron chi connectivity index (χ3n) is 7.56. The molecule has 0 N–H and O–H groups in total. The highest BCUT2D eigenvalue weighted by Gasteiger charge is 2.56. The van der Waals surface area contributed by atoms with Crippen LogP contribution < -0.4 is 0 Å². The first kappa shape index (κ1) is 19.7. The fourth-order valence-electron chi connectivity index (χ4n) is 6.10. The molecule has 6 rings (SSSR count). The van der Waals surface area contributed by atoms with Gasteiger partial charge in [0.2, 0.25) is 11.4 Å². The van der Waals surface area contributed by atoms with Crippen LogP contribution in [0, 0.1) is 0 Å². The van der Waals surface area contributed by atoms with Gasteiger partial charge in [-0.15, -0.1) is 0 Å². The fourth-order valence-corrected chi connectivity index (χ4v) is 6.10. The minimum atomic E-state index is -0.188. The van der Waals surface area contributed by atoms with Gasteiger partial charge in [0.05, 0.1) is 17.6 Å². The molecule has 3 heteroatoms. The van der Waals surface area contributed by atoms with Crippen molar-refractivity contribution in [2.24, 2.45) is 0 Å². The number of fused-ring (bicyclic) bond motifs is 4. The number of hydrogen-bond acceptors (Lipinski definition) is 2. The first-order valence-electron chi connectivity index (χ1n) is 11.5. The zero-order valence-corrected chi connectivity index (χ0v) is 18.9. The number of likely N-dealkylation sites (N-methyl/N-ethyl adjacent to an activating group) is 1. The maximum Gasteiger partial charge on any atom is 0.213 e. The molecule has 1 fully saturated rings. The van der Waals surface area contributed by atoms with E-state index in [0.717, 1.165) is 6.42 Å². The Kier molecular flexibility index (Phi) is 4.46. The lowest BCUT2D eigenvalue weighted by Gasteiger charge is -2.30. The zero-order valence-electron chi connectivity index (χ0n) is 18.9. The van der Waals surface area contributed by atoms with E-state index in [-0.39, 0.29) is 23.8 Å². The van der Waals surface area contributed by atoms with Crippen molar-refractivity contribution in [1.82, 2.24) is 4.90 Å². The lowest BCUT2D eigenvalue weighted by molar-refractivity contribution is -0.407. The largest absolute Gasteiger partial charge is 0.343 e. The lowest BCUT2D eigenvalue weighted by atomic mass is 9.72. The average molecular weight is 422 g/mol. The van der Waals surface area contributed by atoms with E-state index in [9.17, 15) is 0 Å². The van der Waals surface area contributed by atoms with Gasteiger partial charge in [-0.1, -0.05) is 78.9 Å². The van der Waals surface area contributed by atoms with Gasteiger partial charge >= 0.3 is 0 Å². The Morgan fingerprint density at radius 3 is 2.50 bits per heavy atom. The van der Waals surface area contributed by atoms with E-state index in [2.05, 4.69) is 122 Å². The van der Waals surface area contributed by atoms with Crippen LogP contribution in [0.4, 0.5) is 5.69 Å². The van der Waals surface area contributed by atoms with E-state index in [1.807, 2.05) is 0 Å². The second kappa shape index (κ2) is 7.26. The van der Waals surface area contributed by atoms with E-state index >= 15 is 0 Å². The standard InChI is InChI=1S/C29H29N2O/c1-29(19-20-11-5-4-6-12-20)26-22-14-8-7-13-21(22)17-18-24(26)30(2)27(29)28-31(3)23-15-9-10-16-25(23)32-28/h4-18,23,25,28H,19H2,1-3H3/q+1. The molecule has 4 atom stereocenters. The summed E-state index contributed by atoms with van der Waals surface area (Å²) in [5.74, 6) is 0. The minimum Gasteiger partial charge on any atom is -0.343 e. The van der Waals surface area contributed by atoms with Gasteiger partial charge in [-0.3, -0.25) is 4.90 Å². The normalized spacial score (nSPS) is 29.0. The Labute approximate surface area is 189 Å². The minimum absolute atomic E-state index is 0.0812. The fraction of sp³-hybridized carbons (Fsp3) is 0.276. The number of allylic oxidation sites excluding steroid dienone is 2. The molecule has 0 amide bonds. The maximum atomic E-state index is 6.72. The molecule has 1 saturated heterocycles. The van der Waals surface area contributed by atoms with Crippen molar-refractivity contribution >= 4 is 22.2 Å². The number of benzene rings is 3. The Morgan fingerprint density at radius 1 is 0.938 bits per heavy atom. The Morgan fingerprint density at radius 2 is 1.69 bits per heavy atom. The molecule has 3 aromatic carbocycles. The van der Waals surface area contributed by atoms with Gasteiger partial charge in [-0.05, 0) is 42.8 Å². The predicted molar refractivity (Wildman–Crippen MR) is 131 cm³/mol. The van der Waals surface area contributed by atoms with Crippen LogP contribution >= 0.6 is 0 Å². The van der Waals surface area contributed by atoms with Gasteiger partial charge in [0.1, 0.15) is 7.05 Å². The SMILES string of the molecule is CN1C(C2=[N+](C)c3ccc4ccccc4c3C2(C)Cc2ccccc2)OC2C=CC=CC21. The van der Waals surface area contributed by atoms with Crippen molar-refractivity contribution in [3.05, 3.63) is 102 Å². The van der Waals surface area contributed by atoms with Gasteiger partial charge in [-0.25, -0.2) is 0 Å². The Bertz CT molecular complexity index is 1290. The van der Waals surface area contributed by atoms with Gasteiger partial charge in [0.25, 0.3) is 0 Å². The van der Waals surface area contributed by atoms with Gasteiger partial charge in [-0.2, -0.15) is 4.58 Å². The number of nitrogens with zero attached hydrogens (tertiary/aromatic N) is 2. The monoisotopic (exact) mass is 421 g/mol. The zero-order chi connectivity index (χ0) is 21.9. The molecular formula is C29H29N2O+. The molecule has 0 radical (unpaired) electrons. The topological polar surface area (TPSA) is 15.5 Å². The summed E-state index contributed by atoms with van der Waals surface area (Å²) in [4.78, 5) is 2.40. The molecule has 160 valence electrons. The molecule has 0 bridgehead atoms. The van der Waals surface area contributed by atoms with Crippen molar-refractivity contribution in [3.63, 3.8) is 0 Å². The number of ether oxygens (including phenoxy) is 1. The van der Waals surface area contributed by atoms with Crippen molar-refractivity contribution in [2.45, 2.75) is 37.1 Å². The summed E-state index contributed by atoms with van der Waals surface area (Å²) in [5, 5.41) is 2.63. The lowest BCUT2D eigenvalue weighted by Crippen LogP contribution is -2.49. The van der Waals surface area contributed by atoms with Crippen LogP contribution in [0.2, 0.25) is 0 Å². The van der Waals surface area contributed by atoms with Crippen molar-refractivity contribution < 1.29 is 9.31 Å². The van der Waals surface area contributed by atoms with E-state index in [4.69, 9.17) is 4.74 Å². The quantitative estimate of drug-likeness (QED) is 0.539. The van der Waals surface area contributed by atoms with Crippen LogP contribution in [0.1, 0.15) is 18.1 Å². The Hall–Kier alpha value is -3.01. The highest BCUT2D eigenvalue weighted by atomic mass is 16.5. The summed E-state index contributed by atoms with van der Waals surface area (Å²) in [7, 11) is 4.41. The third kappa shape index (κ3) is 2.78. The molecule has 0 aromatic heterocycles. The van der Waals surface area contributed by atoms with E-state index in [1.165, 1.54) is 33.3 Å².